The highest BCUT2D eigenvalue weighted by molar-refractivity contribution is 9.10. The predicted octanol–water partition coefficient (Wildman–Crippen LogP) is 1.99. The number of benzene rings is 1. The molecular formula is C11H12BrN3O3S. The van der Waals surface area contributed by atoms with E-state index in [1.165, 1.54) is 24.1 Å². The number of methoxy groups -OCH3 is 1. The molecule has 0 bridgehead atoms. The van der Waals surface area contributed by atoms with Crippen molar-refractivity contribution in [2.75, 3.05) is 11.8 Å². The Hall–Kier alpha value is -1.54. The summed E-state index contributed by atoms with van der Waals surface area (Å²) in [5.74, 6) is 0.653. The van der Waals surface area contributed by atoms with Gasteiger partial charge in [-0.15, -0.1) is 0 Å². The molecule has 0 saturated heterocycles. The van der Waals surface area contributed by atoms with E-state index < -0.39 is 10.0 Å². The van der Waals surface area contributed by atoms with Gasteiger partial charge in [0.25, 0.3) is 10.0 Å². The first-order valence-corrected chi connectivity index (χ1v) is 7.56. The van der Waals surface area contributed by atoms with Gasteiger partial charge in [-0.2, -0.15) is 5.10 Å². The fraction of sp³-hybridized carbons (Fsp3) is 0.182. The highest BCUT2D eigenvalue weighted by Gasteiger charge is 2.21. The van der Waals surface area contributed by atoms with Gasteiger partial charge in [-0.1, -0.05) is 15.9 Å². The summed E-state index contributed by atoms with van der Waals surface area (Å²) in [6, 6.07) is 6.35. The number of hydrogen-bond donors (Lipinski definition) is 1. The fourth-order valence-electron chi connectivity index (χ4n) is 1.53. The first-order chi connectivity index (χ1) is 8.94. The van der Waals surface area contributed by atoms with E-state index in [0.717, 1.165) is 0 Å². The Balaban J connectivity index is 2.45. The van der Waals surface area contributed by atoms with Crippen LogP contribution in [0.25, 0.3) is 0 Å². The summed E-state index contributed by atoms with van der Waals surface area (Å²) in [6.07, 6.45) is 1.51. The van der Waals surface area contributed by atoms with Crippen LogP contribution in [-0.2, 0) is 17.1 Å². The van der Waals surface area contributed by atoms with Crippen molar-refractivity contribution in [2.24, 2.45) is 7.05 Å². The standard InChI is InChI=1S/C11H12BrN3O3S/c1-15-11(5-6-13-15)14-19(16,17)10-7-8(12)3-4-9(10)18-2/h3-7,14H,1-2H3. The van der Waals surface area contributed by atoms with Gasteiger partial charge in [-0.3, -0.25) is 9.40 Å². The summed E-state index contributed by atoms with van der Waals surface area (Å²) in [5.41, 5.74) is 0. The van der Waals surface area contributed by atoms with Crippen LogP contribution < -0.4 is 9.46 Å². The molecule has 2 aromatic rings. The first kappa shape index (κ1) is 13.9. The maximum atomic E-state index is 12.3. The van der Waals surface area contributed by atoms with E-state index in [2.05, 4.69) is 25.8 Å². The molecule has 0 fully saturated rings. The molecule has 0 radical (unpaired) electrons. The van der Waals surface area contributed by atoms with Crippen LogP contribution in [0.3, 0.4) is 0 Å². The van der Waals surface area contributed by atoms with Gasteiger partial charge in [0.05, 0.1) is 13.3 Å². The van der Waals surface area contributed by atoms with Gasteiger partial charge in [0.2, 0.25) is 0 Å². The van der Waals surface area contributed by atoms with Gasteiger partial charge in [-0.05, 0) is 18.2 Å². The third kappa shape index (κ3) is 2.90. The molecule has 1 heterocycles. The second kappa shape index (κ2) is 5.22. The van der Waals surface area contributed by atoms with Gasteiger partial charge >= 0.3 is 0 Å². The van der Waals surface area contributed by atoms with Crippen molar-refractivity contribution < 1.29 is 13.2 Å². The molecule has 0 unspecified atom stereocenters. The van der Waals surface area contributed by atoms with E-state index in [9.17, 15) is 8.42 Å². The number of aryl methyl sites for hydroxylation is 1. The van der Waals surface area contributed by atoms with Gasteiger partial charge in [0.1, 0.15) is 16.5 Å². The maximum Gasteiger partial charge on any atom is 0.266 e. The molecule has 19 heavy (non-hydrogen) atoms. The summed E-state index contributed by atoms with van der Waals surface area (Å²) in [5, 5.41) is 3.90. The molecule has 0 aliphatic carbocycles. The molecule has 1 aromatic carbocycles. The lowest BCUT2D eigenvalue weighted by Crippen LogP contribution is -2.16. The molecule has 0 spiro atoms. The number of ether oxygens (including phenoxy) is 1. The van der Waals surface area contributed by atoms with Crippen molar-refractivity contribution in [3.8, 4) is 5.75 Å². The third-order valence-electron chi connectivity index (χ3n) is 2.48. The second-order valence-electron chi connectivity index (χ2n) is 3.74. The smallest absolute Gasteiger partial charge is 0.266 e. The van der Waals surface area contributed by atoms with Crippen molar-refractivity contribution >= 4 is 31.8 Å². The van der Waals surface area contributed by atoms with Gasteiger partial charge in [0.15, 0.2) is 0 Å². The lowest BCUT2D eigenvalue weighted by molar-refractivity contribution is 0.402. The Morgan fingerprint density at radius 2 is 2.11 bits per heavy atom. The first-order valence-electron chi connectivity index (χ1n) is 5.28. The van der Waals surface area contributed by atoms with Crippen molar-refractivity contribution in [3.05, 3.63) is 34.9 Å². The van der Waals surface area contributed by atoms with E-state index in [-0.39, 0.29) is 10.6 Å². The zero-order chi connectivity index (χ0) is 14.0. The van der Waals surface area contributed by atoms with Crippen molar-refractivity contribution in [1.29, 1.82) is 0 Å². The minimum atomic E-state index is -3.74. The number of rotatable bonds is 4. The molecule has 102 valence electrons. The Bertz CT molecular complexity index is 697. The molecule has 2 rings (SSSR count). The van der Waals surface area contributed by atoms with E-state index in [0.29, 0.717) is 10.3 Å². The number of sulfonamides is 1. The topological polar surface area (TPSA) is 73.2 Å². The SMILES string of the molecule is COc1ccc(Br)cc1S(=O)(=O)Nc1ccnn1C. The maximum absolute atomic E-state index is 12.3. The number of nitrogens with zero attached hydrogens (tertiary/aromatic N) is 2. The van der Waals surface area contributed by atoms with Crippen molar-refractivity contribution in [2.45, 2.75) is 4.90 Å². The Morgan fingerprint density at radius 3 is 2.68 bits per heavy atom. The normalized spacial score (nSPS) is 11.3. The lowest BCUT2D eigenvalue weighted by Gasteiger charge is -2.11. The largest absolute Gasteiger partial charge is 0.495 e. The molecule has 1 aromatic heterocycles. The minimum Gasteiger partial charge on any atom is -0.495 e. The Labute approximate surface area is 119 Å². The van der Waals surface area contributed by atoms with Crippen molar-refractivity contribution in [1.82, 2.24) is 9.78 Å². The number of anilines is 1. The average Bonchev–Trinajstić information content (AvgIpc) is 2.74. The number of nitrogens with one attached hydrogen (secondary N) is 1. The monoisotopic (exact) mass is 345 g/mol. The highest BCUT2D eigenvalue weighted by atomic mass is 79.9. The van der Waals surface area contributed by atoms with E-state index in [1.807, 2.05) is 0 Å². The number of hydrogen-bond acceptors (Lipinski definition) is 4. The minimum absolute atomic E-state index is 0.0607. The molecule has 8 heteroatoms. The van der Waals surface area contributed by atoms with Crippen LogP contribution in [0.4, 0.5) is 5.82 Å². The molecule has 0 amide bonds. The van der Waals surface area contributed by atoms with Crippen LogP contribution in [0.15, 0.2) is 39.8 Å². The fourth-order valence-corrected chi connectivity index (χ4v) is 3.32. The van der Waals surface area contributed by atoms with E-state index >= 15 is 0 Å². The Kier molecular flexibility index (Phi) is 3.81. The summed E-state index contributed by atoms with van der Waals surface area (Å²) in [7, 11) is -0.665. The summed E-state index contributed by atoms with van der Waals surface area (Å²) in [4.78, 5) is 0.0607. The van der Waals surface area contributed by atoms with E-state index in [1.54, 1.807) is 25.2 Å². The summed E-state index contributed by atoms with van der Waals surface area (Å²) < 4.78 is 34.3. The Morgan fingerprint density at radius 1 is 1.37 bits per heavy atom. The molecule has 0 aliphatic heterocycles. The lowest BCUT2D eigenvalue weighted by atomic mass is 10.3. The zero-order valence-electron chi connectivity index (χ0n) is 10.3. The quantitative estimate of drug-likeness (QED) is 0.919. The summed E-state index contributed by atoms with van der Waals surface area (Å²) >= 11 is 3.25. The molecule has 1 N–H and O–H groups in total. The molecular weight excluding hydrogens is 334 g/mol. The second-order valence-corrected chi connectivity index (χ2v) is 6.31. The molecule has 6 nitrogen and oxygen atoms in total. The third-order valence-corrected chi connectivity index (χ3v) is 4.34. The predicted molar refractivity (Wildman–Crippen MR) is 74.7 cm³/mol. The van der Waals surface area contributed by atoms with Crippen LogP contribution in [0.1, 0.15) is 0 Å². The average molecular weight is 346 g/mol. The number of halogens is 1. The number of aromatic nitrogens is 2. The highest BCUT2D eigenvalue weighted by Crippen LogP contribution is 2.28. The van der Waals surface area contributed by atoms with Gasteiger partial charge < -0.3 is 4.74 Å². The van der Waals surface area contributed by atoms with Crippen LogP contribution in [0.2, 0.25) is 0 Å². The van der Waals surface area contributed by atoms with Crippen LogP contribution in [-0.4, -0.2) is 25.3 Å². The van der Waals surface area contributed by atoms with Gasteiger partial charge in [0, 0.05) is 17.6 Å². The molecule has 0 atom stereocenters. The van der Waals surface area contributed by atoms with E-state index in [4.69, 9.17) is 4.74 Å². The van der Waals surface area contributed by atoms with Crippen molar-refractivity contribution in [3.63, 3.8) is 0 Å². The molecule has 0 saturated carbocycles. The zero-order valence-corrected chi connectivity index (χ0v) is 12.7. The van der Waals surface area contributed by atoms with Crippen LogP contribution in [0, 0.1) is 0 Å². The summed E-state index contributed by atoms with van der Waals surface area (Å²) in [6.45, 7) is 0. The van der Waals surface area contributed by atoms with Gasteiger partial charge in [-0.25, -0.2) is 8.42 Å². The van der Waals surface area contributed by atoms with Crippen LogP contribution in [0.5, 0.6) is 5.75 Å². The van der Waals surface area contributed by atoms with Crippen LogP contribution >= 0.6 is 15.9 Å². The molecule has 0 aliphatic rings.